The molecule has 2 aromatic carbocycles. The molecule has 0 radical (unpaired) electrons. The van der Waals surface area contributed by atoms with E-state index in [1.165, 1.54) is 0 Å². The molecular formula is C16H13N3O3. The third-order valence-electron chi connectivity index (χ3n) is 3.58. The molecule has 0 saturated carbocycles. The van der Waals surface area contributed by atoms with Crippen molar-refractivity contribution in [1.82, 2.24) is 15.5 Å². The van der Waals surface area contributed by atoms with E-state index < -0.39 is 0 Å². The Labute approximate surface area is 126 Å². The summed E-state index contributed by atoms with van der Waals surface area (Å²) >= 11 is 0. The summed E-state index contributed by atoms with van der Waals surface area (Å²) in [7, 11) is 0. The van der Waals surface area contributed by atoms with Crippen LogP contribution in [0.2, 0.25) is 0 Å². The molecule has 1 amide bonds. The van der Waals surface area contributed by atoms with Gasteiger partial charge in [-0.1, -0.05) is 24.3 Å². The Kier molecular flexibility index (Phi) is 2.93. The minimum Gasteiger partial charge on any atom is -0.454 e. The number of benzene rings is 2. The standard InChI is InChI=1S/C16H13N3O3/c20-16(15-11-3-1-2-4-12(11)18-19-15)17-8-10-5-6-13-14(7-10)22-9-21-13/h1-7H,8-9H2,(H,17,20)(H,18,19). The van der Waals surface area contributed by atoms with Crippen molar-refractivity contribution in [3.05, 3.63) is 53.7 Å². The van der Waals surface area contributed by atoms with Crippen LogP contribution >= 0.6 is 0 Å². The second-order valence-electron chi connectivity index (χ2n) is 4.99. The first kappa shape index (κ1) is 12.7. The van der Waals surface area contributed by atoms with Gasteiger partial charge in [-0.3, -0.25) is 9.89 Å². The summed E-state index contributed by atoms with van der Waals surface area (Å²) in [5, 5.41) is 10.6. The van der Waals surface area contributed by atoms with E-state index in [2.05, 4.69) is 15.5 Å². The number of rotatable bonds is 3. The first-order valence-corrected chi connectivity index (χ1v) is 6.91. The van der Waals surface area contributed by atoms with Gasteiger partial charge in [0.05, 0.1) is 5.52 Å². The molecule has 6 nitrogen and oxygen atoms in total. The fraction of sp³-hybridized carbons (Fsp3) is 0.125. The smallest absolute Gasteiger partial charge is 0.272 e. The van der Waals surface area contributed by atoms with Crippen molar-refractivity contribution >= 4 is 16.8 Å². The van der Waals surface area contributed by atoms with E-state index >= 15 is 0 Å². The van der Waals surface area contributed by atoms with Gasteiger partial charge in [0.1, 0.15) is 0 Å². The van der Waals surface area contributed by atoms with E-state index in [0.717, 1.165) is 22.2 Å². The molecule has 2 heterocycles. The lowest BCUT2D eigenvalue weighted by Gasteiger charge is -2.05. The summed E-state index contributed by atoms with van der Waals surface area (Å²) in [6.07, 6.45) is 0. The molecule has 2 N–H and O–H groups in total. The molecule has 6 heteroatoms. The number of aromatic nitrogens is 2. The van der Waals surface area contributed by atoms with E-state index in [0.29, 0.717) is 18.0 Å². The van der Waals surface area contributed by atoms with Crippen LogP contribution in [-0.4, -0.2) is 22.9 Å². The Morgan fingerprint density at radius 2 is 2.05 bits per heavy atom. The molecule has 1 aliphatic heterocycles. The van der Waals surface area contributed by atoms with E-state index in [-0.39, 0.29) is 12.7 Å². The van der Waals surface area contributed by atoms with Gasteiger partial charge in [0.2, 0.25) is 6.79 Å². The van der Waals surface area contributed by atoms with Crippen LogP contribution in [-0.2, 0) is 6.54 Å². The van der Waals surface area contributed by atoms with Crippen molar-refractivity contribution in [1.29, 1.82) is 0 Å². The van der Waals surface area contributed by atoms with Gasteiger partial charge >= 0.3 is 0 Å². The normalized spacial score (nSPS) is 12.5. The molecule has 3 aromatic rings. The summed E-state index contributed by atoms with van der Waals surface area (Å²) < 4.78 is 10.6. The van der Waals surface area contributed by atoms with E-state index in [1.54, 1.807) is 0 Å². The van der Waals surface area contributed by atoms with Gasteiger partial charge in [-0.15, -0.1) is 0 Å². The molecule has 1 aliphatic rings. The minimum absolute atomic E-state index is 0.213. The number of H-pyrrole nitrogens is 1. The summed E-state index contributed by atoms with van der Waals surface area (Å²) in [5.74, 6) is 1.22. The predicted molar refractivity (Wildman–Crippen MR) is 79.8 cm³/mol. The van der Waals surface area contributed by atoms with Crippen LogP contribution in [0.3, 0.4) is 0 Å². The van der Waals surface area contributed by atoms with Crippen molar-refractivity contribution in [2.75, 3.05) is 6.79 Å². The molecule has 0 unspecified atom stereocenters. The molecule has 0 fully saturated rings. The number of hydrogen-bond donors (Lipinski definition) is 2. The number of carbonyl (C=O) groups excluding carboxylic acids is 1. The number of nitrogens with zero attached hydrogens (tertiary/aromatic N) is 1. The second-order valence-corrected chi connectivity index (χ2v) is 4.99. The predicted octanol–water partition coefficient (Wildman–Crippen LogP) is 2.22. The Bertz CT molecular complexity index is 857. The second kappa shape index (κ2) is 5.07. The zero-order chi connectivity index (χ0) is 14.9. The highest BCUT2D eigenvalue weighted by Gasteiger charge is 2.15. The van der Waals surface area contributed by atoms with Crippen LogP contribution in [0.25, 0.3) is 10.9 Å². The lowest BCUT2D eigenvalue weighted by molar-refractivity contribution is 0.0947. The Morgan fingerprint density at radius 3 is 3.00 bits per heavy atom. The quantitative estimate of drug-likeness (QED) is 0.777. The maximum absolute atomic E-state index is 12.3. The number of amides is 1. The monoisotopic (exact) mass is 295 g/mol. The van der Waals surface area contributed by atoms with Crippen LogP contribution in [0.5, 0.6) is 11.5 Å². The molecule has 4 rings (SSSR count). The van der Waals surface area contributed by atoms with Gasteiger partial charge in [-0.05, 0) is 23.8 Å². The molecule has 110 valence electrons. The van der Waals surface area contributed by atoms with Crippen molar-refractivity contribution in [3.63, 3.8) is 0 Å². The van der Waals surface area contributed by atoms with Crippen molar-refractivity contribution < 1.29 is 14.3 Å². The Hall–Kier alpha value is -3.02. The van der Waals surface area contributed by atoms with Gasteiger partial charge in [0.15, 0.2) is 17.2 Å². The number of hydrogen-bond acceptors (Lipinski definition) is 4. The van der Waals surface area contributed by atoms with Crippen molar-refractivity contribution in [2.45, 2.75) is 6.54 Å². The average molecular weight is 295 g/mol. The maximum Gasteiger partial charge on any atom is 0.272 e. The molecule has 0 bridgehead atoms. The molecule has 0 atom stereocenters. The zero-order valence-electron chi connectivity index (χ0n) is 11.6. The fourth-order valence-electron chi connectivity index (χ4n) is 2.45. The Balaban J connectivity index is 1.50. The van der Waals surface area contributed by atoms with Crippen LogP contribution in [0.15, 0.2) is 42.5 Å². The minimum atomic E-state index is -0.213. The number of nitrogens with one attached hydrogen (secondary N) is 2. The van der Waals surface area contributed by atoms with Gasteiger partial charge in [0.25, 0.3) is 5.91 Å². The van der Waals surface area contributed by atoms with Crippen molar-refractivity contribution in [3.8, 4) is 11.5 Å². The zero-order valence-corrected chi connectivity index (χ0v) is 11.6. The molecule has 0 aliphatic carbocycles. The summed E-state index contributed by atoms with van der Waals surface area (Å²) in [4.78, 5) is 12.3. The number of ether oxygens (including phenoxy) is 2. The molecule has 1 aromatic heterocycles. The maximum atomic E-state index is 12.3. The van der Waals surface area contributed by atoms with Crippen LogP contribution in [0.1, 0.15) is 16.1 Å². The summed E-state index contributed by atoms with van der Waals surface area (Å²) in [6.45, 7) is 0.640. The van der Waals surface area contributed by atoms with Crippen molar-refractivity contribution in [2.24, 2.45) is 0 Å². The van der Waals surface area contributed by atoms with Gasteiger partial charge in [-0.2, -0.15) is 5.10 Å². The average Bonchev–Trinajstić information content (AvgIpc) is 3.18. The van der Waals surface area contributed by atoms with Gasteiger partial charge < -0.3 is 14.8 Å². The molecule has 0 spiro atoms. The number of para-hydroxylation sites is 1. The van der Waals surface area contributed by atoms with E-state index in [4.69, 9.17) is 9.47 Å². The van der Waals surface area contributed by atoms with Crippen LogP contribution in [0.4, 0.5) is 0 Å². The summed E-state index contributed by atoms with van der Waals surface area (Å²) in [5.41, 5.74) is 2.18. The van der Waals surface area contributed by atoms with Crippen LogP contribution in [0, 0.1) is 0 Å². The largest absolute Gasteiger partial charge is 0.454 e. The van der Waals surface area contributed by atoms with Gasteiger partial charge in [0, 0.05) is 11.9 Å². The number of carbonyl (C=O) groups is 1. The van der Waals surface area contributed by atoms with E-state index in [1.807, 2.05) is 42.5 Å². The van der Waals surface area contributed by atoms with E-state index in [9.17, 15) is 4.79 Å². The lowest BCUT2D eigenvalue weighted by Crippen LogP contribution is -2.23. The van der Waals surface area contributed by atoms with Crippen LogP contribution < -0.4 is 14.8 Å². The number of fused-ring (bicyclic) bond motifs is 2. The first-order valence-electron chi connectivity index (χ1n) is 6.91. The van der Waals surface area contributed by atoms with Gasteiger partial charge in [-0.25, -0.2) is 0 Å². The third-order valence-corrected chi connectivity index (χ3v) is 3.58. The SMILES string of the molecule is O=C(NCc1ccc2c(c1)OCO2)c1n[nH]c2ccccc12. The highest BCUT2D eigenvalue weighted by atomic mass is 16.7. The third kappa shape index (κ3) is 2.14. The fourth-order valence-corrected chi connectivity index (χ4v) is 2.45. The Morgan fingerprint density at radius 1 is 1.18 bits per heavy atom. The summed E-state index contributed by atoms with van der Waals surface area (Å²) in [6, 6.07) is 13.1. The molecule has 22 heavy (non-hydrogen) atoms. The highest BCUT2D eigenvalue weighted by Crippen LogP contribution is 2.32. The highest BCUT2D eigenvalue weighted by molar-refractivity contribution is 6.04. The topological polar surface area (TPSA) is 76.2 Å². The lowest BCUT2D eigenvalue weighted by atomic mass is 10.2. The molecular weight excluding hydrogens is 282 g/mol. The molecule has 0 saturated heterocycles. The first-order chi connectivity index (χ1) is 10.8. The number of aromatic amines is 1.